The fourth-order valence-corrected chi connectivity index (χ4v) is 2.83. The number of rotatable bonds is 4. The highest BCUT2D eigenvalue weighted by Gasteiger charge is 2.17. The molecule has 0 unspecified atom stereocenters. The van der Waals surface area contributed by atoms with Crippen molar-refractivity contribution in [2.75, 3.05) is 6.61 Å². The second kappa shape index (κ2) is 5.20. The molecule has 0 radical (unpaired) electrons. The zero-order chi connectivity index (χ0) is 15.0. The molecule has 0 aliphatic rings. The van der Waals surface area contributed by atoms with Crippen molar-refractivity contribution >= 4 is 20.9 Å². The van der Waals surface area contributed by atoms with Gasteiger partial charge in [0.2, 0.25) is 10.0 Å². The van der Waals surface area contributed by atoms with Crippen LogP contribution in [0.25, 0.3) is 10.9 Å². The summed E-state index contributed by atoms with van der Waals surface area (Å²) in [5.74, 6) is 0. The first-order valence-electron chi connectivity index (χ1n) is 6.43. The summed E-state index contributed by atoms with van der Waals surface area (Å²) >= 11 is 0. The minimum atomic E-state index is -3.72. The van der Waals surface area contributed by atoms with E-state index in [4.69, 9.17) is 9.88 Å². The van der Waals surface area contributed by atoms with Crippen LogP contribution in [0.3, 0.4) is 0 Å². The molecule has 1 heterocycles. The Hall–Kier alpha value is -1.37. The number of benzene rings is 1. The Kier molecular flexibility index (Phi) is 3.90. The maximum Gasteiger partial charge on any atom is 0.240 e. The Morgan fingerprint density at radius 1 is 1.25 bits per heavy atom. The van der Waals surface area contributed by atoms with Gasteiger partial charge in [-0.05, 0) is 26.8 Å². The zero-order valence-electron chi connectivity index (χ0n) is 12.0. The highest BCUT2D eigenvalue weighted by Crippen LogP contribution is 2.24. The van der Waals surface area contributed by atoms with Crippen LogP contribution in [-0.4, -0.2) is 25.2 Å². The Bertz CT molecular complexity index is 712. The standard InChI is InChI=1S/C14H20N2O3S/c1-14(2,3)19-9-8-16-10-13(20(15,17)18)11-6-4-5-7-12(11)16/h4-7,10H,8-9H2,1-3H3,(H2,15,17,18). The van der Waals surface area contributed by atoms with E-state index in [1.54, 1.807) is 18.3 Å². The topological polar surface area (TPSA) is 74.3 Å². The molecule has 2 N–H and O–H groups in total. The Labute approximate surface area is 119 Å². The van der Waals surface area contributed by atoms with Gasteiger partial charge in [0.15, 0.2) is 0 Å². The Morgan fingerprint density at radius 2 is 1.90 bits per heavy atom. The quantitative estimate of drug-likeness (QED) is 0.939. The van der Waals surface area contributed by atoms with E-state index in [-0.39, 0.29) is 10.5 Å². The van der Waals surface area contributed by atoms with Crippen LogP contribution in [0.1, 0.15) is 20.8 Å². The molecule has 0 amide bonds. The molecule has 0 aliphatic heterocycles. The van der Waals surface area contributed by atoms with Crippen molar-refractivity contribution in [3.8, 4) is 0 Å². The van der Waals surface area contributed by atoms with Crippen LogP contribution in [0, 0.1) is 0 Å². The summed E-state index contributed by atoms with van der Waals surface area (Å²) in [7, 11) is -3.72. The molecule has 2 rings (SSSR count). The number of primary sulfonamides is 1. The van der Waals surface area contributed by atoms with Crippen LogP contribution in [0.4, 0.5) is 0 Å². The zero-order valence-corrected chi connectivity index (χ0v) is 12.8. The average molecular weight is 296 g/mol. The molecule has 0 spiro atoms. The van der Waals surface area contributed by atoms with Crippen molar-refractivity contribution in [1.82, 2.24) is 4.57 Å². The second-order valence-corrected chi connectivity index (χ2v) is 7.24. The molecular formula is C14H20N2O3S. The van der Waals surface area contributed by atoms with Crippen LogP contribution >= 0.6 is 0 Å². The summed E-state index contributed by atoms with van der Waals surface area (Å²) in [5, 5.41) is 5.91. The third kappa shape index (κ3) is 3.39. The van der Waals surface area contributed by atoms with Crippen molar-refractivity contribution < 1.29 is 13.2 Å². The fraction of sp³-hybridized carbons (Fsp3) is 0.429. The number of fused-ring (bicyclic) bond motifs is 1. The summed E-state index contributed by atoms with van der Waals surface area (Å²) in [6.07, 6.45) is 1.58. The molecule has 1 aromatic heterocycles. The summed E-state index contributed by atoms with van der Waals surface area (Å²) in [6, 6.07) is 7.31. The minimum Gasteiger partial charge on any atom is -0.374 e. The molecule has 0 bridgehead atoms. The molecular weight excluding hydrogens is 276 g/mol. The van der Waals surface area contributed by atoms with E-state index >= 15 is 0 Å². The minimum absolute atomic E-state index is 0.156. The Balaban J connectivity index is 2.35. The number of nitrogens with two attached hydrogens (primary N) is 1. The highest BCUT2D eigenvalue weighted by molar-refractivity contribution is 7.89. The fourth-order valence-electron chi connectivity index (χ4n) is 2.07. The van der Waals surface area contributed by atoms with Gasteiger partial charge in [0, 0.05) is 23.6 Å². The van der Waals surface area contributed by atoms with Crippen LogP contribution < -0.4 is 5.14 Å². The second-order valence-electron chi connectivity index (χ2n) is 5.71. The maximum absolute atomic E-state index is 11.6. The maximum atomic E-state index is 11.6. The molecule has 0 saturated carbocycles. The van der Waals surface area contributed by atoms with Crippen LogP contribution in [0.5, 0.6) is 0 Å². The van der Waals surface area contributed by atoms with E-state index in [9.17, 15) is 8.42 Å². The summed E-state index contributed by atoms with van der Waals surface area (Å²) < 4.78 is 30.8. The van der Waals surface area contributed by atoms with Crippen molar-refractivity contribution in [2.24, 2.45) is 5.14 Å². The molecule has 0 saturated heterocycles. The number of ether oxygens (including phenoxy) is 1. The first kappa shape index (κ1) is 15.0. The summed E-state index contributed by atoms with van der Waals surface area (Å²) in [4.78, 5) is 0.156. The van der Waals surface area contributed by atoms with E-state index < -0.39 is 10.0 Å². The molecule has 1 aromatic carbocycles. The normalized spacial score (nSPS) is 13.0. The number of hydrogen-bond acceptors (Lipinski definition) is 3. The predicted molar refractivity (Wildman–Crippen MR) is 79.0 cm³/mol. The van der Waals surface area contributed by atoms with Gasteiger partial charge in [-0.15, -0.1) is 0 Å². The van der Waals surface area contributed by atoms with Gasteiger partial charge in [-0.3, -0.25) is 0 Å². The number of nitrogens with zero attached hydrogens (tertiary/aromatic N) is 1. The highest BCUT2D eigenvalue weighted by atomic mass is 32.2. The lowest BCUT2D eigenvalue weighted by Gasteiger charge is -2.19. The van der Waals surface area contributed by atoms with Crippen LogP contribution in [0.15, 0.2) is 35.4 Å². The lowest BCUT2D eigenvalue weighted by atomic mass is 10.2. The molecule has 0 aliphatic carbocycles. The average Bonchev–Trinajstić information content (AvgIpc) is 2.67. The van der Waals surface area contributed by atoms with E-state index in [0.717, 1.165) is 5.52 Å². The van der Waals surface area contributed by atoms with Crippen molar-refractivity contribution in [2.45, 2.75) is 37.8 Å². The Morgan fingerprint density at radius 3 is 2.50 bits per heavy atom. The SMILES string of the molecule is CC(C)(C)OCCn1cc(S(N)(=O)=O)c2ccccc21. The molecule has 6 heteroatoms. The van der Waals surface area contributed by atoms with E-state index in [2.05, 4.69) is 0 Å². The first-order valence-corrected chi connectivity index (χ1v) is 7.98. The van der Waals surface area contributed by atoms with Gasteiger partial charge >= 0.3 is 0 Å². The van der Waals surface area contributed by atoms with Crippen molar-refractivity contribution in [1.29, 1.82) is 0 Å². The third-order valence-corrected chi connectivity index (χ3v) is 3.86. The number of hydrogen-bond donors (Lipinski definition) is 1. The van der Waals surface area contributed by atoms with Gasteiger partial charge in [-0.2, -0.15) is 0 Å². The summed E-state index contributed by atoms with van der Waals surface area (Å²) in [5.41, 5.74) is 0.625. The van der Waals surface area contributed by atoms with Gasteiger partial charge in [0.25, 0.3) is 0 Å². The largest absolute Gasteiger partial charge is 0.374 e. The smallest absolute Gasteiger partial charge is 0.240 e. The van der Waals surface area contributed by atoms with Gasteiger partial charge in [-0.1, -0.05) is 18.2 Å². The van der Waals surface area contributed by atoms with Gasteiger partial charge < -0.3 is 9.30 Å². The van der Waals surface area contributed by atoms with E-state index in [1.807, 2.05) is 37.5 Å². The summed E-state index contributed by atoms with van der Waals surface area (Å²) in [6.45, 7) is 7.03. The lowest BCUT2D eigenvalue weighted by molar-refractivity contribution is -0.00647. The number of aromatic nitrogens is 1. The van der Waals surface area contributed by atoms with E-state index in [1.165, 1.54) is 0 Å². The molecule has 2 aromatic rings. The third-order valence-electron chi connectivity index (χ3n) is 2.93. The van der Waals surface area contributed by atoms with Crippen molar-refractivity contribution in [3.05, 3.63) is 30.5 Å². The van der Waals surface area contributed by atoms with Gasteiger partial charge in [-0.25, -0.2) is 13.6 Å². The molecule has 110 valence electrons. The lowest BCUT2D eigenvalue weighted by Crippen LogP contribution is -2.21. The molecule has 5 nitrogen and oxygen atoms in total. The monoisotopic (exact) mass is 296 g/mol. The van der Waals surface area contributed by atoms with E-state index in [0.29, 0.717) is 18.5 Å². The number of sulfonamides is 1. The van der Waals surface area contributed by atoms with Gasteiger partial charge in [0.05, 0.1) is 12.2 Å². The predicted octanol–water partition coefficient (Wildman–Crippen LogP) is 2.10. The number of para-hydroxylation sites is 1. The van der Waals surface area contributed by atoms with Crippen LogP contribution in [-0.2, 0) is 21.3 Å². The van der Waals surface area contributed by atoms with Crippen LogP contribution in [0.2, 0.25) is 0 Å². The molecule has 0 fully saturated rings. The van der Waals surface area contributed by atoms with Gasteiger partial charge in [0.1, 0.15) is 4.90 Å². The van der Waals surface area contributed by atoms with Crippen molar-refractivity contribution in [3.63, 3.8) is 0 Å². The molecule has 0 atom stereocenters. The first-order chi connectivity index (χ1) is 9.18. The molecule has 20 heavy (non-hydrogen) atoms.